The van der Waals surface area contributed by atoms with Crippen molar-refractivity contribution in [3.63, 3.8) is 0 Å². The molecule has 0 spiro atoms. The normalized spacial score (nSPS) is 8.47. The molecule has 6 nitrogen and oxygen atoms in total. The van der Waals surface area contributed by atoms with Crippen molar-refractivity contribution in [2.24, 2.45) is 5.84 Å². The van der Waals surface area contributed by atoms with E-state index < -0.39 is 5.97 Å². The van der Waals surface area contributed by atoms with E-state index in [2.05, 4.69) is 10.4 Å². The zero-order valence-corrected chi connectivity index (χ0v) is 8.52. The Morgan fingerprint density at radius 3 is 2.20 bits per heavy atom. The third kappa shape index (κ3) is 6.17. The maximum Gasteiger partial charge on any atom is 0.337 e. The molecule has 0 amide bonds. The summed E-state index contributed by atoms with van der Waals surface area (Å²) in [5.74, 6) is 4.62. The van der Waals surface area contributed by atoms with Crippen LogP contribution in [0.1, 0.15) is 24.2 Å². The van der Waals surface area contributed by atoms with Crippen LogP contribution in [0.15, 0.2) is 18.3 Å². The lowest BCUT2D eigenvalue weighted by Gasteiger charge is -1.97. The molecule has 15 heavy (non-hydrogen) atoms. The number of hydrogen-bond acceptors (Lipinski definition) is 5. The number of nitrogens with zero attached hydrogens (tertiary/aromatic N) is 1. The average Bonchev–Trinajstić information content (AvgIpc) is 2.17. The first-order valence-electron chi connectivity index (χ1n) is 4.10. The van der Waals surface area contributed by atoms with Gasteiger partial charge in [-0.15, -0.1) is 0 Å². The Morgan fingerprint density at radius 1 is 1.40 bits per heavy atom. The second-order valence-electron chi connectivity index (χ2n) is 2.79. The molecule has 4 N–H and O–H groups in total. The van der Waals surface area contributed by atoms with Gasteiger partial charge in [-0.2, -0.15) is 0 Å². The number of ketones is 1. The van der Waals surface area contributed by atoms with Gasteiger partial charge in [-0.05, 0) is 26.0 Å². The number of rotatable bonds is 2. The molecular formula is C9H13N3O3. The molecule has 0 saturated carbocycles. The summed E-state index contributed by atoms with van der Waals surface area (Å²) < 4.78 is 0. The summed E-state index contributed by atoms with van der Waals surface area (Å²) in [6, 6.07) is 2.91. The Labute approximate surface area is 87.1 Å². The van der Waals surface area contributed by atoms with Gasteiger partial charge in [-0.25, -0.2) is 15.6 Å². The van der Waals surface area contributed by atoms with Gasteiger partial charge < -0.3 is 15.3 Å². The summed E-state index contributed by atoms with van der Waals surface area (Å²) in [5.41, 5.74) is 2.43. The maximum absolute atomic E-state index is 10.3. The molecule has 6 heteroatoms. The molecule has 82 valence electrons. The van der Waals surface area contributed by atoms with E-state index in [9.17, 15) is 9.59 Å². The number of carboxylic acids is 1. The molecule has 1 heterocycles. The molecule has 0 atom stereocenters. The van der Waals surface area contributed by atoms with Crippen LogP contribution in [-0.2, 0) is 4.79 Å². The van der Waals surface area contributed by atoms with E-state index >= 15 is 0 Å². The van der Waals surface area contributed by atoms with Gasteiger partial charge in [0, 0.05) is 6.20 Å². The van der Waals surface area contributed by atoms with Gasteiger partial charge in [0.15, 0.2) is 0 Å². The Morgan fingerprint density at radius 2 is 1.93 bits per heavy atom. The molecular weight excluding hydrogens is 198 g/mol. The lowest BCUT2D eigenvalue weighted by Crippen LogP contribution is -2.08. The van der Waals surface area contributed by atoms with Gasteiger partial charge in [0.2, 0.25) is 0 Å². The highest BCUT2D eigenvalue weighted by molar-refractivity contribution is 5.87. The van der Waals surface area contributed by atoms with Gasteiger partial charge in [0.25, 0.3) is 0 Å². The smallest absolute Gasteiger partial charge is 0.337 e. The first-order chi connectivity index (χ1) is 6.97. The molecule has 0 aromatic carbocycles. The predicted molar refractivity (Wildman–Crippen MR) is 55.4 cm³/mol. The zero-order valence-electron chi connectivity index (χ0n) is 8.52. The van der Waals surface area contributed by atoms with Gasteiger partial charge in [0.1, 0.15) is 11.6 Å². The van der Waals surface area contributed by atoms with Crippen molar-refractivity contribution in [2.75, 3.05) is 5.43 Å². The molecule has 0 radical (unpaired) electrons. The molecule has 0 aliphatic carbocycles. The molecule has 1 aromatic heterocycles. The number of carbonyl (C=O) groups excluding carboxylic acids is 1. The standard InChI is InChI=1S/C6H7N3O2.C3H6O/c7-9-5-2-1-4(3-8-5)6(10)11;1-3(2)4/h1-3H,7H2,(H,8,9)(H,10,11);1-2H3. The average molecular weight is 211 g/mol. The van der Waals surface area contributed by atoms with Crippen LogP contribution in [0.5, 0.6) is 0 Å². The number of nitrogen functional groups attached to an aromatic ring is 1. The van der Waals surface area contributed by atoms with Gasteiger partial charge >= 0.3 is 5.97 Å². The largest absolute Gasteiger partial charge is 0.478 e. The number of hydrogen-bond donors (Lipinski definition) is 3. The maximum atomic E-state index is 10.3. The molecule has 0 aliphatic heterocycles. The SMILES string of the molecule is CC(C)=O.NNc1ccc(C(=O)O)cn1. The number of Topliss-reactive ketones (excluding diaryl/α,β-unsaturated/α-hetero) is 1. The number of nitrogens with two attached hydrogens (primary N) is 1. The van der Waals surface area contributed by atoms with Crippen molar-refractivity contribution in [3.05, 3.63) is 23.9 Å². The Balaban J connectivity index is 0.000000423. The quantitative estimate of drug-likeness (QED) is 0.490. The number of hydrazine groups is 1. The number of anilines is 1. The van der Waals surface area contributed by atoms with Crippen LogP contribution in [0.3, 0.4) is 0 Å². The summed E-state index contributed by atoms with van der Waals surface area (Å²) in [5, 5.41) is 8.46. The van der Waals surface area contributed by atoms with E-state index in [0.717, 1.165) is 0 Å². The third-order valence-electron chi connectivity index (χ3n) is 1.16. The minimum Gasteiger partial charge on any atom is -0.478 e. The fourth-order valence-corrected chi connectivity index (χ4v) is 0.606. The van der Waals surface area contributed by atoms with Crippen molar-refractivity contribution in [1.29, 1.82) is 0 Å². The van der Waals surface area contributed by atoms with Crippen LogP contribution in [-0.4, -0.2) is 21.8 Å². The topological polar surface area (TPSA) is 105 Å². The predicted octanol–water partition coefficient (Wildman–Crippen LogP) is 0.661. The summed E-state index contributed by atoms with van der Waals surface area (Å²) in [4.78, 5) is 23.5. The van der Waals surface area contributed by atoms with Crippen molar-refractivity contribution in [1.82, 2.24) is 4.98 Å². The monoisotopic (exact) mass is 211 g/mol. The highest BCUT2D eigenvalue weighted by Crippen LogP contribution is 2.02. The minimum atomic E-state index is -0.999. The van der Waals surface area contributed by atoms with Crippen molar-refractivity contribution < 1.29 is 14.7 Å². The molecule has 0 aliphatic rings. The summed E-state index contributed by atoms with van der Waals surface area (Å²) in [7, 11) is 0. The number of pyridine rings is 1. The third-order valence-corrected chi connectivity index (χ3v) is 1.16. The van der Waals surface area contributed by atoms with E-state index in [1.165, 1.54) is 32.2 Å². The lowest BCUT2D eigenvalue weighted by molar-refractivity contribution is -0.114. The number of carboxylic acid groups (broad SMARTS) is 1. The molecule has 0 bridgehead atoms. The second kappa shape index (κ2) is 6.50. The van der Waals surface area contributed by atoms with E-state index in [1.54, 1.807) is 0 Å². The summed E-state index contributed by atoms with van der Waals surface area (Å²) >= 11 is 0. The first kappa shape index (κ1) is 13.1. The van der Waals surface area contributed by atoms with Gasteiger partial charge in [-0.1, -0.05) is 0 Å². The fraction of sp³-hybridized carbons (Fsp3) is 0.222. The number of nitrogens with one attached hydrogen (secondary N) is 1. The van der Waals surface area contributed by atoms with Crippen molar-refractivity contribution >= 4 is 17.6 Å². The second-order valence-corrected chi connectivity index (χ2v) is 2.79. The molecule has 1 rings (SSSR count). The van der Waals surface area contributed by atoms with E-state index in [-0.39, 0.29) is 11.3 Å². The van der Waals surface area contributed by atoms with Crippen molar-refractivity contribution in [2.45, 2.75) is 13.8 Å². The molecule has 0 saturated heterocycles. The summed E-state index contributed by atoms with van der Waals surface area (Å²) in [6.07, 6.45) is 1.23. The fourth-order valence-electron chi connectivity index (χ4n) is 0.606. The Kier molecular flexibility index (Phi) is 5.65. The highest BCUT2D eigenvalue weighted by atomic mass is 16.4. The molecule has 1 aromatic rings. The summed E-state index contributed by atoms with van der Waals surface area (Å²) in [6.45, 7) is 3.06. The first-order valence-corrected chi connectivity index (χ1v) is 4.10. The van der Waals surface area contributed by atoms with E-state index in [4.69, 9.17) is 10.9 Å². The van der Waals surface area contributed by atoms with Crippen LogP contribution in [0, 0.1) is 0 Å². The number of aromatic carboxylic acids is 1. The Bertz CT molecular complexity index is 331. The van der Waals surface area contributed by atoms with Crippen molar-refractivity contribution in [3.8, 4) is 0 Å². The van der Waals surface area contributed by atoms with Crippen LogP contribution >= 0.6 is 0 Å². The lowest BCUT2D eigenvalue weighted by atomic mass is 10.3. The molecule has 0 unspecified atom stereocenters. The van der Waals surface area contributed by atoms with Crippen LogP contribution in [0.2, 0.25) is 0 Å². The van der Waals surface area contributed by atoms with Crippen LogP contribution < -0.4 is 11.3 Å². The van der Waals surface area contributed by atoms with Crippen LogP contribution in [0.25, 0.3) is 0 Å². The number of aromatic nitrogens is 1. The molecule has 0 fully saturated rings. The minimum absolute atomic E-state index is 0.143. The number of carbonyl (C=O) groups is 2. The van der Waals surface area contributed by atoms with Gasteiger partial charge in [-0.3, -0.25) is 0 Å². The zero-order chi connectivity index (χ0) is 11.8. The van der Waals surface area contributed by atoms with Crippen LogP contribution in [0.4, 0.5) is 5.82 Å². The van der Waals surface area contributed by atoms with Gasteiger partial charge in [0.05, 0.1) is 5.56 Å². The highest BCUT2D eigenvalue weighted by Gasteiger charge is 2.00. The van der Waals surface area contributed by atoms with E-state index in [0.29, 0.717) is 5.82 Å². The Hall–Kier alpha value is -1.95. The van der Waals surface area contributed by atoms with E-state index in [1.807, 2.05) is 0 Å².